The molecule has 1 aromatic rings. The number of aryl methyl sites for hydroxylation is 1. The van der Waals surface area contributed by atoms with Crippen LogP contribution in [0.1, 0.15) is 50.1 Å². The summed E-state index contributed by atoms with van der Waals surface area (Å²) >= 11 is 0. The van der Waals surface area contributed by atoms with Gasteiger partial charge in [-0.15, -0.1) is 24.8 Å². The van der Waals surface area contributed by atoms with Crippen LogP contribution >= 0.6 is 24.8 Å². The van der Waals surface area contributed by atoms with Crippen LogP contribution in [0.15, 0.2) is 12.4 Å². The lowest BCUT2D eigenvalue weighted by Gasteiger charge is -2.29. The van der Waals surface area contributed by atoms with Crippen molar-refractivity contribution in [3.05, 3.63) is 18.0 Å². The number of likely N-dealkylation sites (N-methyl/N-ethyl adjacent to an activating group) is 1. The first-order chi connectivity index (χ1) is 12.2. The molecule has 1 amide bonds. The molecule has 2 heterocycles. The maximum absolute atomic E-state index is 13.0. The number of halogens is 2. The highest BCUT2D eigenvalue weighted by molar-refractivity contribution is 5.85. The van der Waals surface area contributed by atoms with Gasteiger partial charge in [-0.25, -0.2) is 0 Å². The molecule has 1 unspecified atom stereocenters. The highest BCUT2D eigenvalue weighted by atomic mass is 35.5. The van der Waals surface area contributed by atoms with Crippen LogP contribution < -0.4 is 5.32 Å². The molecule has 2 aliphatic rings. The first-order valence-corrected chi connectivity index (χ1v) is 9.84. The molecule has 1 aromatic heterocycles. The average Bonchev–Trinajstić information content (AvgIpc) is 2.91. The molecule has 1 N–H and O–H groups in total. The van der Waals surface area contributed by atoms with E-state index in [4.69, 9.17) is 0 Å². The molecule has 1 saturated carbocycles. The van der Waals surface area contributed by atoms with Gasteiger partial charge in [-0.1, -0.05) is 19.3 Å². The highest BCUT2D eigenvalue weighted by Gasteiger charge is 2.28. The number of rotatable bonds is 5. The second-order valence-electron chi connectivity index (χ2n) is 7.65. The predicted octanol–water partition coefficient (Wildman–Crippen LogP) is 2.64. The van der Waals surface area contributed by atoms with Crippen LogP contribution in [0.3, 0.4) is 0 Å². The number of carbonyl (C=O) groups is 1. The van der Waals surface area contributed by atoms with Crippen molar-refractivity contribution in [2.24, 2.45) is 13.0 Å². The summed E-state index contributed by atoms with van der Waals surface area (Å²) < 4.78 is 1.75. The first kappa shape index (κ1) is 24.2. The van der Waals surface area contributed by atoms with Gasteiger partial charge in [0.2, 0.25) is 5.91 Å². The molecule has 1 atom stereocenters. The molecule has 0 aromatic carbocycles. The zero-order valence-electron chi connectivity index (χ0n) is 16.6. The van der Waals surface area contributed by atoms with Gasteiger partial charge in [-0.2, -0.15) is 5.10 Å². The monoisotopic (exact) mass is 419 g/mol. The molecular formula is C19H35Cl2N5O. The van der Waals surface area contributed by atoms with Crippen LogP contribution in [-0.2, 0) is 11.8 Å². The van der Waals surface area contributed by atoms with Crippen molar-refractivity contribution in [2.45, 2.75) is 44.6 Å². The van der Waals surface area contributed by atoms with Crippen LogP contribution in [0, 0.1) is 5.92 Å². The highest BCUT2D eigenvalue weighted by Crippen LogP contribution is 2.25. The topological polar surface area (TPSA) is 53.4 Å². The smallest absolute Gasteiger partial charge is 0.244 e. The Morgan fingerprint density at radius 3 is 2.52 bits per heavy atom. The number of nitrogens with one attached hydrogen (secondary N) is 1. The number of hydrogen-bond acceptors (Lipinski definition) is 4. The summed E-state index contributed by atoms with van der Waals surface area (Å²) in [7, 11) is 3.73. The van der Waals surface area contributed by atoms with Gasteiger partial charge in [0.15, 0.2) is 0 Å². The van der Waals surface area contributed by atoms with Crippen molar-refractivity contribution in [3.8, 4) is 0 Å². The lowest BCUT2D eigenvalue weighted by molar-refractivity contribution is -0.133. The van der Waals surface area contributed by atoms with Crippen LogP contribution in [0.2, 0.25) is 0 Å². The van der Waals surface area contributed by atoms with Gasteiger partial charge in [0.1, 0.15) is 6.04 Å². The number of aromatic nitrogens is 2. The molecule has 3 rings (SSSR count). The third kappa shape index (κ3) is 6.63. The summed E-state index contributed by atoms with van der Waals surface area (Å²) in [4.78, 5) is 17.6. The Morgan fingerprint density at radius 1 is 1.15 bits per heavy atom. The molecule has 27 heavy (non-hydrogen) atoms. The molecular weight excluding hydrogens is 385 g/mol. The van der Waals surface area contributed by atoms with E-state index in [9.17, 15) is 4.79 Å². The molecule has 0 spiro atoms. The molecule has 0 radical (unpaired) electrons. The van der Waals surface area contributed by atoms with E-state index in [0.29, 0.717) is 0 Å². The fourth-order valence-corrected chi connectivity index (χ4v) is 4.31. The van der Waals surface area contributed by atoms with Crippen molar-refractivity contribution >= 4 is 30.7 Å². The Balaban J connectivity index is 0.00000182. The summed E-state index contributed by atoms with van der Waals surface area (Å²) in [6.45, 7) is 5.05. The first-order valence-electron chi connectivity index (χ1n) is 9.84. The molecule has 156 valence electrons. The maximum atomic E-state index is 13.0. The van der Waals surface area contributed by atoms with Gasteiger partial charge >= 0.3 is 0 Å². The Labute approximate surface area is 175 Å². The molecule has 0 bridgehead atoms. The molecule has 6 nitrogen and oxygen atoms in total. The molecule has 1 aliphatic carbocycles. The Kier molecular flexibility index (Phi) is 10.7. The van der Waals surface area contributed by atoms with Gasteiger partial charge in [0.25, 0.3) is 0 Å². The Morgan fingerprint density at radius 2 is 1.89 bits per heavy atom. The summed E-state index contributed by atoms with van der Waals surface area (Å²) in [6.07, 6.45) is 11.8. The van der Waals surface area contributed by atoms with Gasteiger partial charge in [-0.05, 0) is 38.8 Å². The van der Waals surface area contributed by atoms with E-state index in [2.05, 4.69) is 15.3 Å². The minimum Gasteiger partial charge on any atom is -0.340 e. The van der Waals surface area contributed by atoms with Gasteiger partial charge in [0.05, 0.1) is 6.20 Å². The van der Waals surface area contributed by atoms with E-state index in [-0.39, 0.29) is 36.8 Å². The lowest BCUT2D eigenvalue weighted by atomic mass is 9.89. The van der Waals surface area contributed by atoms with Crippen LogP contribution in [0.5, 0.6) is 0 Å². The van der Waals surface area contributed by atoms with Crippen molar-refractivity contribution in [1.29, 1.82) is 0 Å². The van der Waals surface area contributed by atoms with Crippen LogP contribution in [-0.4, -0.2) is 65.3 Å². The van der Waals surface area contributed by atoms with Crippen molar-refractivity contribution in [2.75, 3.05) is 39.8 Å². The molecule has 2 fully saturated rings. The number of carbonyl (C=O) groups excluding carboxylic acids is 1. The number of amides is 1. The summed E-state index contributed by atoms with van der Waals surface area (Å²) in [5, 5.41) is 7.37. The number of hydrogen-bond donors (Lipinski definition) is 1. The van der Waals surface area contributed by atoms with E-state index in [1.54, 1.807) is 10.9 Å². The lowest BCUT2D eigenvalue weighted by Crippen LogP contribution is -2.42. The van der Waals surface area contributed by atoms with E-state index < -0.39 is 0 Å². The normalized spacial score (nSPS) is 20.3. The van der Waals surface area contributed by atoms with Crippen molar-refractivity contribution < 1.29 is 4.79 Å². The van der Waals surface area contributed by atoms with Crippen LogP contribution in [0.25, 0.3) is 0 Å². The second kappa shape index (κ2) is 11.9. The quantitative estimate of drug-likeness (QED) is 0.796. The Bertz CT molecular complexity index is 562. The van der Waals surface area contributed by atoms with E-state index in [0.717, 1.165) is 44.1 Å². The SMILES string of the molecule is CNC(C(=O)N1CCCN(CC2CCCCC2)CC1)c1cnn(C)c1.Cl.Cl. The van der Waals surface area contributed by atoms with Crippen molar-refractivity contribution in [3.63, 3.8) is 0 Å². The summed E-state index contributed by atoms with van der Waals surface area (Å²) in [5.74, 6) is 1.05. The Hall–Kier alpha value is -0.820. The predicted molar refractivity (Wildman–Crippen MR) is 114 cm³/mol. The summed E-state index contributed by atoms with van der Waals surface area (Å²) in [6, 6.07) is -0.293. The van der Waals surface area contributed by atoms with E-state index in [1.165, 1.54) is 38.6 Å². The zero-order chi connectivity index (χ0) is 17.6. The minimum atomic E-state index is -0.293. The number of nitrogens with zero attached hydrogens (tertiary/aromatic N) is 4. The minimum absolute atomic E-state index is 0. The van der Waals surface area contributed by atoms with E-state index >= 15 is 0 Å². The fourth-order valence-electron chi connectivity index (χ4n) is 4.31. The van der Waals surface area contributed by atoms with Gasteiger partial charge in [-0.3, -0.25) is 9.48 Å². The van der Waals surface area contributed by atoms with Crippen LogP contribution in [0.4, 0.5) is 0 Å². The third-order valence-electron chi connectivity index (χ3n) is 5.74. The van der Waals surface area contributed by atoms with Crippen molar-refractivity contribution in [1.82, 2.24) is 24.9 Å². The summed E-state index contributed by atoms with van der Waals surface area (Å²) in [5.41, 5.74) is 0.943. The maximum Gasteiger partial charge on any atom is 0.244 e. The largest absolute Gasteiger partial charge is 0.340 e. The fraction of sp³-hybridized carbons (Fsp3) is 0.789. The molecule has 1 saturated heterocycles. The van der Waals surface area contributed by atoms with Gasteiger partial charge in [0, 0.05) is 45.0 Å². The second-order valence-corrected chi connectivity index (χ2v) is 7.65. The molecule has 8 heteroatoms. The third-order valence-corrected chi connectivity index (χ3v) is 5.74. The van der Waals surface area contributed by atoms with Gasteiger partial charge < -0.3 is 15.1 Å². The standard InChI is InChI=1S/C19H33N5O.2ClH/c1-20-18(17-13-21-22(2)15-17)19(25)24-10-6-9-23(11-12-24)14-16-7-4-3-5-8-16;;/h13,15-16,18,20H,3-12,14H2,1-2H3;2*1H. The van der Waals surface area contributed by atoms with E-state index in [1.807, 2.05) is 25.2 Å². The molecule has 1 aliphatic heterocycles. The zero-order valence-corrected chi connectivity index (χ0v) is 18.2. The average molecular weight is 420 g/mol.